The summed E-state index contributed by atoms with van der Waals surface area (Å²) >= 11 is 2.84. The molecule has 0 heterocycles. The standard InChI is InChI=1S/C7H4ClF3O3S/c8-5-3-4(15(12)13)1-2-6(5)14-7(9,10)11/h1-3H,(H,12,13)/p-1. The van der Waals surface area contributed by atoms with Crippen LogP contribution in [-0.2, 0) is 11.1 Å². The normalized spacial score (nSPS) is 13.7. The molecule has 0 spiro atoms. The lowest BCUT2D eigenvalue weighted by Gasteiger charge is -2.11. The topological polar surface area (TPSA) is 49.4 Å². The van der Waals surface area contributed by atoms with E-state index in [4.69, 9.17) is 11.6 Å². The van der Waals surface area contributed by atoms with Crippen molar-refractivity contribution in [3.8, 4) is 5.75 Å². The summed E-state index contributed by atoms with van der Waals surface area (Å²) < 4.78 is 59.7. The Labute approximate surface area is 90.1 Å². The van der Waals surface area contributed by atoms with Gasteiger partial charge >= 0.3 is 6.36 Å². The smallest absolute Gasteiger partial charge is 0.573 e. The Bertz CT molecular complexity index is 394. The van der Waals surface area contributed by atoms with Crippen molar-refractivity contribution in [2.24, 2.45) is 0 Å². The third-order valence-corrected chi connectivity index (χ3v) is 2.26. The van der Waals surface area contributed by atoms with Crippen LogP contribution in [0.15, 0.2) is 23.1 Å². The zero-order chi connectivity index (χ0) is 11.6. The molecule has 0 amide bonds. The van der Waals surface area contributed by atoms with E-state index in [1.165, 1.54) is 0 Å². The molecule has 15 heavy (non-hydrogen) atoms. The van der Waals surface area contributed by atoms with Crippen molar-refractivity contribution in [2.45, 2.75) is 11.3 Å². The molecule has 0 fully saturated rings. The van der Waals surface area contributed by atoms with Gasteiger partial charge in [-0.2, -0.15) is 0 Å². The highest BCUT2D eigenvalue weighted by Gasteiger charge is 2.31. The van der Waals surface area contributed by atoms with E-state index in [0.29, 0.717) is 0 Å². The first-order chi connectivity index (χ1) is 6.79. The minimum Gasteiger partial charge on any atom is -0.768 e. The first-order valence-corrected chi connectivity index (χ1v) is 4.89. The SMILES string of the molecule is O=S([O-])c1ccc(OC(F)(F)F)c(Cl)c1. The highest BCUT2D eigenvalue weighted by molar-refractivity contribution is 7.79. The van der Waals surface area contributed by atoms with E-state index >= 15 is 0 Å². The third-order valence-electron chi connectivity index (χ3n) is 1.32. The molecule has 0 saturated heterocycles. The fraction of sp³-hybridized carbons (Fsp3) is 0.143. The molecule has 8 heteroatoms. The van der Waals surface area contributed by atoms with Gasteiger partial charge in [0.1, 0.15) is 5.75 Å². The molecule has 0 saturated carbocycles. The predicted octanol–water partition coefficient (Wildman–Crippen LogP) is 2.48. The zero-order valence-corrected chi connectivity index (χ0v) is 8.45. The van der Waals surface area contributed by atoms with Gasteiger partial charge in [-0.3, -0.25) is 4.21 Å². The summed E-state index contributed by atoms with van der Waals surface area (Å²) in [4.78, 5) is -0.213. The fourth-order valence-corrected chi connectivity index (χ4v) is 1.47. The Hall–Kier alpha value is -0.790. The second kappa shape index (κ2) is 4.38. The number of ether oxygens (including phenoxy) is 1. The molecule has 1 unspecified atom stereocenters. The molecule has 0 radical (unpaired) electrons. The van der Waals surface area contributed by atoms with Crippen LogP contribution >= 0.6 is 11.6 Å². The Morgan fingerprint density at radius 1 is 1.40 bits per heavy atom. The molecule has 1 aromatic rings. The van der Waals surface area contributed by atoms with Crippen molar-refractivity contribution in [3.05, 3.63) is 23.2 Å². The maximum absolute atomic E-state index is 11.8. The summed E-state index contributed by atoms with van der Waals surface area (Å²) in [7, 11) is 0. The summed E-state index contributed by atoms with van der Waals surface area (Å²) in [5, 5.41) is -0.422. The van der Waals surface area contributed by atoms with Crippen molar-refractivity contribution in [3.63, 3.8) is 0 Å². The molecule has 1 rings (SSSR count). The van der Waals surface area contributed by atoms with Crippen molar-refractivity contribution >= 4 is 22.7 Å². The van der Waals surface area contributed by atoms with Gasteiger partial charge in [0.15, 0.2) is 0 Å². The summed E-state index contributed by atoms with van der Waals surface area (Å²) in [6, 6.07) is 2.66. The minimum absolute atomic E-state index is 0.213. The molecular weight excluding hydrogens is 257 g/mol. The van der Waals surface area contributed by atoms with Crippen LogP contribution in [0, 0.1) is 0 Å². The van der Waals surface area contributed by atoms with Crippen LogP contribution in [0.1, 0.15) is 0 Å². The quantitative estimate of drug-likeness (QED) is 0.767. The van der Waals surface area contributed by atoms with Crippen molar-refractivity contribution in [1.29, 1.82) is 0 Å². The van der Waals surface area contributed by atoms with Gasteiger partial charge in [-0.1, -0.05) is 11.6 Å². The third kappa shape index (κ3) is 3.69. The molecule has 3 nitrogen and oxygen atoms in total. The lowest BCUT2D eigenvalue weighted by Crippen LogP contribution is -2.17. The number of hydrogen-bond donors (Lipinski definition) is 0. The molecule has 0 aliphatic heterocycles. The van der Waals surface area contributed by atoms with Crippen LogP contribution in [0.3, 0.4) is 0 Å². The van der Waals surface area contributed by atoms with Crippen molar-refractivity contribution < 1.29 is 26.7 Å². The molecule has 0 N–H and O–H groups in total. The van der Waals surface area contributed by atoms with E-state index in [2.05, 4.69) is 4.74 Å². The van der Waals surface area contributed by atoms with Crippen LogP contribution in [-0.4, -0.2) is 15.1 Å². The number of rotatable bonds is 2. The van der Waals surface area contributed by atoms with Crippen LogP contribution in [0.2, 0.25) is 5.02 Å². The second-order valence-corrected chi connectivity index (χ2v) is 3.72. The highest BCUT2D eigenvalue weighted by atomic mass is 35.5. The maximum Gasteiger partial charge on any atom is 0.573 e. The van der Waals surface area contributed by atoms with Gasteiger partial charge in [0.05, 0.1) is 5.02 Å². The number of halogens is 4. The summed E-state index contributed by atoms with van der Waals surface area (Å²) in [5.41, 5.74) is 0. The number of benzene rings is 1. The fourth-order valence-electron chi connectivity index (χ4n) is 0.793. The van der Waals surface area contributed by atoms with Gasteiger partial charge in [-0.25, -0.2) is 0 Å². The molecule has 1 aromatic carbocycles. The molecule has 0 aromatic heterocycles. The molecule has 84 valence electrons. The summed E-state index contributed by atoms with van der Waals surface area (Å²) in [6.07, 6.45) is -4.86. The molecule has 0 bridgehead atoms. The Balaban J connectivity index is 2.99. The van der Waals surface area contributed by atoms with Gasteiger partial charge in [0, 0.05) is 4.90 Å². The highest BCUT2D eigenvalue weighted by Crippen LogP contribution is 2.31. The zero-order valence-electron chi connectivity index (χ0n) is 6.88. The van der Waals surface area contributed by atoms with E-state index in [1.807, 2.05) is 0 Å². The van der Waals surface area contributed by atoms with E-state index in [9.17, 15) is 21.9 Å². The lowest BCUT2D eigenvalue weighted by atomic mass is 10.3. The van der Waals surface area contributed by atoms with Crippen LogP contribution in [0.4, 0.5) is 13.2 Å². The number of alkyl halides is 3. The average molecular weight is 260 g/mol. The monoisotopic (exact) mass is 259 g/mol. The maximum atomic E-state index is 11.8. The molecule has 1 atom stereocenters. The van der Waals surface area contributed by atoms with E-state index < -0.39 is 28.2 Å². The van der Waals surface area contributed by atoms with Crippen LogP contribution < -0.4 is 4.74 Å². The predicted molar refractivity (Wildman–Crippen MR) is 45.3 cm³/mol. The van der Waals surface area contributed by atoms with Gasteiger partial charge < -0.3 is 9.29 Å². The Morgan fingerprint density at radius 3 is 2.40 bits per heavy atom. The molecular formula is C7H3ClF3O3S-. The van der Waals surface area contributed by atoms with E-state index in [0.717, 1.165) is 18.2 Å². The average Bonchev–Trinajstić information content (AvgIpc) is 2.05. The van der Waals surface area contributed by atoms with Gasteiger partial charge in [0.25, 0.3) is 0 Å². The summed E-state index contributed by atoms with van der Waals surface area (Å²) in [5.74, 6) is -0.640. The van der Waals surface area contributed by atoms with Gasteiger partial charge in [-0.05, 0) is 29.3 Å². The van der Waals surface area contributed by atoms with Gasteiger partial charge in [-0.15, -0.1) is 13.2 Å². The Morgan fingerprint density at radius 2 is 2.00 bits per heavy atom. The van der Waals surface area contributed by atoms with E-state index in [1.54, 1.807) is 0 Å². The van der Waals surface area contributed by atoms with Crippen molar-refractivity contribution in [1.82, 2.24) is 0 Å². The summed E-state index contributed by atoms with van der Waals surface area (Å²) in [6.45, 7) is 0. The second-order valence-electron chi connectivity index (χ2n) is 2.37. The van der Waals surface area contributed by atoms with Crippen LogP contribution in [0.25, 0.3) is 0 Å². The Kier molecular flexibility index (Phi) is 3.58. The van der Waals surface area contributed by atoms with E-state index in [-0.39, 0.29) is 4.90 Å². The lowest BCUT2D eigenvalue weighted by molar-refractivity contribution is -0.274. The molecule has 0 aliphatic rings. The first-order valence-electron chi connectivity index (χ1n) is 3.44. The number of hydrogen-bond acceptors (Lipinski definition) is 3. The minimum atomic E-state index is -4.86. The van der Waals surface area contributed by atoms with Gasteiger partial charge in [0.2, 0.25) is 0 Å². The van der Waals surface area contributed by atoms with Crippen LogP contribution in [0.5, 0.6) is 5.75 Å². The molecule has 0 aliphatic carbocycles. The largest absolute Gasteiger partial charge is 0.768 e. The van der Waals surface area contributed by atoms with Crippen molar-refractivity contribution in [2.75, 3.05) is 0 Å². The first kappa shape index (κ1) is 12.3.